The molecule has 0 aromatic heterocycles. The van der Waals surface area contributed by atoms with Crippen LogP contribution in [0.5, 0.6) is 0 Å². The maximum absolute atomic E-state index is 5.55. The Balaban J connectivity index is 1.99. The summed E-state index contributed by atoms with van der Waals surface area (Å²) in [6, 6.07) is 0. The summed E-state index contributed by atoms with van der Waals surface area (Å²) in [7, 11) is 0. The van der Waals surface area contributed by atoms with Gasteiger partial charge in [0.1, 0.15) is 0 Å². The van der Waals surface area contributed by atoms with Gasteiger partial charge in [-0.3, -0.25) is 0 Å². The minimum atomic E-state index is 0.576. The van der Waals surface area contributed by atoms with E-state index in [1.54, 1.807) is 0 Å². The van der Waals surface area contributed by atoms with Gasteiger partial charge in [-0.1, -0.05) is 0 Å². The van der Waals surface area contributed by atoms with Gasteiger partial charge in [-0.05, 0) is 12.8 Å². The molecule has 2 saturated heterocycles. The Hall–Kier alpha value is -0.0800. The summed E-state index contributed by atoms with van der Waals surface area (Å²) < 4.78 is 5.55. The van der Waals surface area contributed by atoms with E-state index in [0.29, 0.717) is 6.10 Å². The molecule has 2 fully saturated rings. The van der Waals surface area contributed by atoms with Crippen molar-refractivity contribution in [1.29, 1.82) is 0 Å². The van der Waals surface area contributed by atoms with Crippen LogP contribution < -0.4 is 0 Å². The molecular formula is C7H13NO. The van der Waals surface area contributed by atoms with Crippen molar-refractivity contribution in [3.63, 3.8) is 0 Å². The summed E-state index contributed by atoms with van der Waals surface area (Å²) in [6.45, 7) is 4.71. The fourth-order valence-electron chi connectivity index (χ4n) is 1.67. The molecule has 2 heteroatoms. The maximum atomic E-state index is 5.55. The highest BCUT2D eigenvalue weighted by atomic mass is 16.5. The van der Waals surface area contributed by atoms with Gasteiger partial charge in [-0.15, -0.1) is 0 Å². The predicted octanol–water partition coefficient (Wildman–Crippen LogP) is 0.481. The van der Waals surface area contributed by atoms with Crippen LogP contribution in [0.2, 0.25) is 0 Å². The molecule has 2 unspecified atom stereocenters. The Morgan fingerprint density at radius 1 is 1.33 bits per heavy atom. The molecule has 0 aromatic rings. The third kappa shape index (κ3) is 1.10. The van der Waals surface area contributed by atoms with Crippen LogP contribution in [0.3, 0.4) is 0 Å². The van der Waals surface area contributed by atoms with E-state index < -0.39 is 0 Å². The van der Waals surface area contributed by atoms with Crippen LogP contribution in [0.25, 0.3) is 0 Å². The fourth-order valence-corrected chi connectivity index (χ4v) is 1.67. The van der Waals surface area contributed by atoms with Gasteiger partial charge in [0.15, 0.2) is 0 Å². The SMILES string of the molecule is C1COC2CCN(C1)C2. The van der Waals surface area contributed by atoms with Gasteiger partial charge in [0, 0.05) is 26.2 Å². The second kappa shape index (κ2) is 2.27. The fraction of sp³-hybridized carbons (Fsp3) is 1.00. The Morgan fingerprint density at radius 2 is 2.33 bits per heavy atom. The van der Waals surface area contributed by atoms with Crippen LogP contribution in [0.4, 0.5) is 0 Å². The molecule has 0 radical (unpaired) electrons. The highest BCUT2D eigenvalue weighted by Crippen LogP contribution is 2.16. The molecule has 52 valence electrons. The Morgan fingerprint density at radius 3 is 3.33 bits per heavy atom. The van der Waals surface area contributed by atoms with Crippen molar-refractivity contribution in [3.8, 4) is 0 Å². The highest BCUT2D eigenvalue weighted by Gasteiger charge is 2.24. The first kappa shape index (κ1) is 5.69. The summed E-state index contributed by atoms with van der Waals surface area (Å²) in [5, 5.41) is 0. The summed E-state index contributed by atoms with van der Waals surface area (Å²) in [4.78, 5) is 2.50. The molecule has 9 heavy (non-hydrogen) atoms. The number of hydrogen-bond acceptors (Lipinski definition) is 2. The molecule has 2 aliphatic heterocycles. The molecule has 2 atom stereocenters. The lowest BCUT2D eigenvalue weighted by atomic mass is 10.3. The quantitative estimate of drug-likeness (QED) is 0.469. The normalized spacial score (nSPS) is 42.7. The van der Waals surface area contributed by atoms with E-state index in [0.717, 1.165) is 6.61 Å². The minimum Gasteiger partial charge on any atom is -0.377 e. The molecule has 0 saturated carbocycles. The summed E-state index contributed by atoms with van der Waals surface area (Å²) in [6.07, 6.45) is 3.07. The van der Waals surface area contributed by atoms with Crippen LogP contribution in [-0.4, -0.2) is 37.2 Å². The number of rotatable bonds is 0. The van der Waals surface area contributed by atoms with Gasteiger partial charge in [0.2, 0.25) is 0 Å². The molecular weight excluding hydrogens is 114 g/mol. The lowest BCUT2D eigenvalue weighted by Crippen LogP contribution is -2.20. The van der Waals surface area contributed by atoms with Gasteiger partial charge in [-0.2, -0.15) is 0 Å². The highest BCUT2D eigenvalue weighted by molar-refractivity contribution is 4.77. The second-order valence-electron chi connectivity index (χ2n) is 2.94. The third-order valence-electron chi connectivity index (χ3n) is 2.20. The van der Waals surface area contributed by atoms with Crippen molar-refractivity contribution in [1.82, 2.24) is 4.90 Å². The molecule has 0 amide bonds. The van der Waals surface area contributed by atoms with Crippen molar-refractivity contribution >= 4 is 0 Å². The van der Waals surface area contributed by atoms with Crippen molar-refractivity contribution in [3.05, 3.63) is 0 Å². The zero-order valence-electron chi connectivity index (χ0n) is 5.68. The molecule has 0 aliphatic carbocycles. The molecule has 2 rings (SSSR count). The first-order chi connectivity index (χ1) is 4.45. The zero-order valence-corrected chi connectivity index (χ0v) is 5.68. The van der Waals surface area contributed by atoms with Gasteiger partial charge >= 0.3 is 0 Å². The lowest BCUT2D eigenvalue weighted by molar-refractivity contribution is 0.0732. The summed E-state index contributed by atoms with van der Waals surface area (Å²) >= 11 is 0. The number of fused-ring (bicyclic) bond motifs is 2. The molecule has 2 bridgehead atoms. The first-order valence-electron chi connectivity index (χ1n) is 3.79. The van der Waals surface area contributed by atoms with E-state index in [1.807, 2.05) is 0 Å². The van der Waals surface area contributed by atoms with E-state index in [-0.39, 0.29) is 0 Å². The van der Waals surface area contributed by atoms with Crippen molar-refractivity contribution < 1.29 is 4.74 Å². The second-order valence-corrected chi connectivity index (χ2v) is 2.94. The van der Waals surface area contributed by atoms with E-state index in [2.05, 4.69) is 4.90 Å². The van der Waals surface area contributed by atoms with Crippen molar-refractivity contribution in [2.45, 2.75) is 18.9 Å². The summed E-state index contributed by atoms with van der Waals surface area (Å²) in [5.41, 5.74) is 0. The first-order valence-corrected chi connectivity index (χ1v) is 3.79. The number of ether oxygens (including phenoxy) is 1. The van der Waals surface area contributed by atoms with Crippen LogP contribution in [-0.2, 0) is 4.74 Å². The van der Waals surface area contributed by atoms with Crippen molar-refractivity contribution in [2.75, 3.05) is 26.2 Å². The smallest absolute Gasteiger partial charge is 0.0714 e. The largest absolute Gasteiger partial charge is 0.377 e. The summed E-state index contributed by atoms with van der Waals surface area (Å²) in [5.74, 6) is 0. The molecule has 0 aromatic carbocycles. The predicted molar refractivity (Wildman–Crippen MR) is 35.4 cm³/mol. The van der Waals surface area contributed by atoms with Crippen molar-refractivity contribution in [2.24, 2.45) is 0 Å². The molecule has 0 N–H and O–H groups in total. The van der Waals surface area contributed by atoms with Gasteiger partial charge in [0.05, 0.1) is 6.10 Å². The Labute approximate surface area is 55.8 Å². The van der Waals surface area contributed by atoms with E-state index >= 15 is 0 Å². The number of nitrogens with zero attached hydrogens (tertiary/aromatic N) is 1. The van der Waals surface area contributed by atoms with E-state index in [9.17, 15) is 0 Å². The average molecular weight is 127 g/mol. The molecule has 2 heterocycles. The standard InChI is InChI=1S/C7H13NO/c1-3-8-4-2-7(6-8)9-5-1/h7H,1-6H2. The lowest BCUT2D eigenvalue weighted by Gasteiger charge is -2.10. The van der Waals surface area contributed by atoms with Crippen LogP contribution in [0, 0.1) is 0 Å². The van der Waals surface area contributed by atoms with Gasteiger partial charge in [0.25, 0.3) is 0 Å². The van der Waals surface area contributed by atoms with E-state index in [1.165, 1.54) is 32.5 Å². The van der Waals surface area contributed by atoms with Gasteiger partial charge in [-0.25, -0.2) is 0 Å². The van der Waals surface area contributed by atoms with E-state index in [4.69, 9.17) is 4.74 Å². The molecule has 0 spiro atoms. The Bertz CT molecular complexity index is 93.1. The van der Waals surface area contributed by atoms with Crippen LogP contribution in [0.1, 0.15) is 12.8 Å². The number of hydrogen-bond donors (Lipinski definition) is 0. The van der Waals surface area contributed by atoms with Gasteiger partial charge < -0.3 is 9.64 Å². The molecule has 2 nitrogen and oxygen atoms in total. The minimum absolute atomic E-state index is 0.576. The third-order valence-corrected chi connectivity index (χ3v) is 2.20. The van der Waals surface area contributed by atoms with Crippen LogP contribution in [0.15, 0.2) is 0 Å². The Kier molecular flexibility index (Phi) is 1.44. The molecule has 2 aliphatic rings. The topological polar surface area (TPSA) is 12.5 Å². The zero-order chi connectivity index (χ0) is 6.10. The average Bonchev–Trinajstić information content (AvgIpc) is 2.09. The monoisotopic (exact) mass is 127 g/mol. The van der Waals surface area contributed by atoms with Crippen LogP contribution >= 0.6 is 0 Å². The maximum Gasteiger partial charge on any atom is 0.0714 e.